The first-order valence-electron chi connectivity index (χ1n) is 8.27. The minimum atomic E-state index is -0.527. The molecule has 0 aromatic heterocycles. The Balaban J connectivity index is 1.85. The van der Waals surface area contributed by atoms with Crippen LogP contribution in [0.5, 0.6) is 0 Å². The SMILES string of the molecule is CN(Cc1cccc(Cl)c1)C(=O)C1(c2ccc(F)cc2)CCCC1. The van der Waals surface area contributed by atoms with Crippen molar-refractivity contribution < 1.29 is 9.18 Å². The Morgan fingerprint density at radius 2 is 1.83 bits per heavy atom. The van der Waals surface area contributed by atoms with Gasteiger partial charge in [0.25, 0.3) is 0 Å². The Kier molecular flexibility index (Phi) is 4.91. The molecule has 2 nitrogen and oxygen atoms in total. The lowest BCUT2D eigenvalue weighted by Crippen LogP contribution is -2.43. The molecule has 3 rings (SSSR count). The summed E-state index contributed by atoms with van der Waals surface area (Å²) in [4.78, 5) is 15.0. The van der Waals surface area contributed by atoms with Gasteiger partial charge in [-0.05, 0) is 48.2 Å². The fourth-order valence-electron chi connectivity index (χ4n) is 3.72. The van der Waals surface area contributed by atoms with Crippen molar-refractivity contribution in [2.24, 2.45) is 0 Å². The number of nitrogens with zero attached hydrogens (tertiary/aromatic N) is 1. The summed E-state index contributed by atoms with van der Waals surface area (Å²) in [6, 6.07) is 14.0. The molecule has 0 aliphatic heterocycles. The highest BCUT2D eigenvalue weighted by Crippen LogP contribution is 2.42. The number of benzene rings is 2. The Morgan fingerprint density at radius 1 is 1.17 bits per heavy atom. The second kappa shape index (κ2) is 6.94. The summed E-state index contributed by atoms with van der Waals surface area (Å²) in [7, 11) is 1.83. The molecule has 1 amide bonds. The number of rotatable bonds is 4. The molecule has 1 aliphatic carbocycles. The molecule has 0 atom stereocenters. The highest BCUT2D eigenvalue weighted by molar-refractivity contribution is 6.30. The molecule has 2 aromatic rings. The number of hydrogen-bond donors (Lipinski definition) is 0. The van der Waals surface area contributed by atoms with Crippen molar-refractivity contribution in [2.45, 2.75) is 37.6 Å². The van der Waals surface area contributed by atoms with Crippen molar-refractivity contribution in [3.8, 4) is 0 Å². The number of hydrogen-bond acceptors (Lipinski definition) is 1. The monoisotopic (exact) mass is 345 g/mol. The van der Waals surface area contributed by atoms with Gasteiger partial charge in [-0.15, -0.1) is 0 Å². The molecular weight excluding hydrogens is 325 g/mol. The predicted molar refractivity (Wildman–Crippen MR) is 94.5 cm³/mol. The van der Waals surface area contributed by atoms with E-state index in [4.69, 9.17) is 11.6 Å². The van der Waals surface area contributed by atoms with E-state index in [2.05, 4.69) is 0 Å². The number of carbonyl (C=O) groups excluding carboxylic acids is 1. The summed E-state index contributed by atoms with van der Waals surface area (Å²) in [5.41, 5.74) is 1.40. The largest absolute Gasteiger partial charge is 0.341 e. The van der Waals surface area contributed by atoms with Gasteiger partial charge in [-0.2, -0.15) is 0 Å². The zero-order chi connectivity index (χ0) is 17.2. The summed E-state index contributed by atoms with van der Waals surface area (Å²) in [5.74, 6) is -0.168. The average Bonchev–Trinajstić information content (AvgIpc) is 3.05. The van der Waals surface area contributed by atoms with Crippen molar-refractivity contribution in [2.75, 3.05) is 7.05 Å². The van der Waals surface area contributed by atoms with Gasteiger partial charge >= 0.3 is 0 Å². The molecule has 0 spiro atoms. The quantitative estimate of drug-likeness (QED) is 0.767. The van der Waals surface area contributed by atoms with E-state index in [1.807, 2.05) is 31.3 Å². The Labute approximate surface area is 147 Å². The van der Waals surface area contributed by atoms with E-state index in [-0.39, 0.29) is 11.7 Å². The third kappa shape index (κ3) is 3.32. The molecule has 0 saturated heterocycles. The van der Waals surface area contributed by atoms with Gasteiger partial charge in [0.2, 0.25) is 5.91 Å². The van der Waals surface area contributed by atoms with E-state index in [9.17, 15) is 9.18 Å². The number of halogens is 2. The van der Waals surface area contributed by atoms with Gasteiger partial charge in [-0.3, -0.25) is 4.79 Å². The molecule has 24 heavy (non-hydrogen) atoms. The van der Waals surface area contributed by atoms with E-state index in [0.29, 0.717) is 11.6 Å². The number of carbonyl (C=O) groups is 1. The van der Waals surface area contributed by atoms with Gasteiger partial charge < -0.3 is 4.90 Å². The summed E-state index contributed by atoms with van der Waals surface area (Å²) >= 11 is 6.03. The summed E-state index contributed by atoms with van der Waals surface area (Å²) in [6.45, 7) is 0.516. The standard InChI is InChI=1S/C20H21ClFNO/c1-23(14-15-5-4-6-17(21)13-15)19(24)20(11-2-3-12-20)16-7-9-18(22)10-8-16/h4-10,13H,2-3,11-12,14H2,1H3. The maximum Gasteiger partial charge on any atom is 0.233 e. The average molecular weight is 346 g/mol. The van der Waals surface area contributed by atoms with E-state index in [0.717, 1.165) is 36.8 Å². The topological polar surface area (TPSA) is 20.3 Å². The molecule has 2 aromatic carbocycles. The van der Waals surface area contributed by atoms with Gasteiger partial charge in [-0.1, -0.05) is 48.7 Å². The molecule has 1 aliphatic rings. The number of amides is 1. The highest BCUT2D eigenvalue weighted by Gasteiger charge is 2.44. The fourth-order valence-corrected chi connectivity index (χ4v) is 3.93. The zero-order valence-corrected chi connectivity index (χ0v) is 14.5. The van der Waals surface area contributed by atoms with Crippen molar-refractivity contribution in [1.29, 1.82) is 0 Å². The van der Waals surface area contributed by atoms with Crippen molar-refractivity contribution >= 4 is 17.5 Å². The van der Waals surface area contributed by atoms with Crippen molar-refractivity contribution in [1.82, 2.24) is 4.90 Å². The molecule has 126 valence electrons. The Bertz CT molecular complexity index is 723. The van der Waals surface area contributed by atoms with Crippen LogP contribution in [0.25, 0.3) is 0 Å². The predicted octanol–water partition coefficient (Wildman–Crippen LogP) is 4.95. The van der Waals surface area contributed by atoms with Crippen molar-refractivity contribution in [3.05, 3.63) is 70.5 Å². The molecule has 0 radical (unpaired) electrons. The summed E-state index contributed by atoms with van der Waals surface area (Å²) in [6.07, 6.45) is 3.68. The first kappa shape index (κ1) is 17.0. The Morgan fingerprint density at radius 3 is 2.46 bits per heavy atom. The minimum absolute atomic E-state index is 0.103. The summed E-state index contributed by atoms with van der Waals surface area (Å²) in [5, 5.41) is 0.669. The van der Waals surface area contributed by atoms with Gasteiger partial charge in [-0.25, -0.2) is 4.39 Å². The van der Waals surface area contributed by atoms with E-state index < -0.39 is 5.41 Å². The van der Waals surface area contributed by atoms with Gasteiger partial charge in [0, 0.05) is 18.6 Å². The lowest BCUT2D eigenvalue weighted by Gasteiger charge is -2.33. The normalized spacial score (nSPS) is 16.1. The van der Waals surface area contributed by atoms with E-state index in [1.54, 1.807) is 17.0 Å². The van der Waals surface area contributed by atoms with Crippen LogP contribution in [0.2, 0.25) is 5.02 Å². The van der Waals surface area contributed by atoms with E-state index >= 15 is 0 Å². The van der Waals surface area contributed by atoms with Gasteiger partial charge in [0.05, 0.1) is 5.41 Å². The second-order valence-electron chi connectivity index (χ2n) is 6.59. The second-order valence-corrected chi connectivity index (χ2v) is 7.02. The molecule has 0 bridgehead atoms. The van der Waals surface area contributed by atoms with Crippen LogP contribution in [0.4, 0.5) is 4.39 Å². The molecule has 0 N–H and O–H groups in total. The maximum absolute atomic E-state index is 13.3. The molecule has 4 heteroatoms. The fraction of sp³-hybridized carbons (Fsp3) is 0.350. The van der Waals surface area contributed by atoms with Crippen LogP contribution in [0, 0.1) is 5.82 Å². The van der Waals surface area contributed by atoms with Crippen LogP contribution in [-0.2, 0) is 16.8 Å². The molecule has 0 heterocycles. The van der Waals surface area contributed by atoms with Crippen LogP contribution < -0.4 is 0 Å². The van der Waals surface area contributed by atoms with Gasteiger partial charge in [0.1, 0.15) is 5.82 Å². The van der Waals surface area contributed by atoms with Crippen LogP contribution in [-0.4, -0.2) is 17.9 Å². The Hall–Kier alpha value is -1.87. The summed E-state index contributed by atoms with van der Waals surface area (Å²) < 4.78 is 13.3. The van der Waals surface area contributed by atoms with Crippen LogP contribution in [0.1, 0.15) is 36.8 Å². The lowest BCUT2D eigenvalue weighted by atomic mass is 9.77. The maximum atomic E-state index is 13.3. The molecule has 1 fully saturated rings. The molecule has 0 unspecified atom stereocenters. The first-order chi connectivity index (χ1) is 11.5. The minimum Gasteiger partial charge on any atom is -0.341 e. The van der Waals surface area contributed by atoms with Gasteiger partial charge in [0.15, 0.2) is 0 Å². The first-order valence-corrected chi connectivity index (χ1v) is 8.65. The number of likely N-dealkylation sites (N-methyl/N-ethyl adjacent to an activating group) is 1. The molecule has 1 saturated carbocycles. The van der Waals surface area contributed by atoms with Crippen molar-refractivity contribution in [3.63, 3.8) is 0 Å². The van der Waals surface area contributed by atoms with Crippen LogP contribution in [0.15, 0.2) is 48.5 Å². The van der Waals surface area contributed by atoms with Crippen LogP contribution in [0.3, 0.4) is 0 Å². The zero-order valence-electron chi connectivity index (χ0n) is 13.8. The lowest BCUT2D eigenvalue weighted by molar-refractivity contribution is -0.136. The third-order valence-electron chi connectivity index (χ3n) is 4.92. The smallest absolute Gasteiger partial charge is 0.233 e. The third-order valence-corrected chi connectivity index (χ3v) is 5.15. The van der Waals surface area contributed by atoms with Crippen LogP contribution >= 0.6 is 11.6 Å². The molecular formula is C20H21ClFNO. The van der Waals surface area contributed by atoms with E-state index in [1.165, 1.54) is 12.1 Å². The highest BCUT2D eigenvalue weighted by atomic mass is 35.5.